The molecule has 1 saturated heterocycles. The van der Waals surface area contributed by atoms with Crippen LogP contribution in [0.15, 0.2) is 23.1 Å². The monoisotopic (exact) mass is 401 g/mol. The van der Waals surface area contributed by atoms with E-state index in [1.165, 1.54) is 24.3 Å². The molecule has 0 radical (unpaired) electrons. The highest BCUT2D eigenvalue weighted by Crippen LogP contribution is 2.32. The number of methoxy groups -OCH3 is 3. The lowest BCUT2D eigenvalue weighted by Crippen LogP contribution is -2.49. The van der Waals surface area contributed by atoms with Gasteiger partial charge in [0, 0.05) is 32.9 Å². The van der Waals surface area contributed by atoms with Crippen molar-refractivity contribution in [1.82, 2.24) is 4.31 Å². The van der Waals surface area contributed by atoms with Gasteiger partial charge in [-0.3, -0.25) is 0 Å². The maximum Gasteiger partial charge on any atom is 0.243 e. The molecule has 1 heterocycles. The zero-order chi connectivity index (χ0) is 20.5. The van der Waals surface area contributed by atoms with Gasteiger partial charge in [0.2, 0.25) is 10.0 Å². The fourth-order valence-corrected chi connectivity index (χ4v) is 4.72. The Morgan fingerprint density at radius 2 is 1.67 bits per heavy atom. The van der Waals surface area contributed by atoms with Crippen LogP contribution in [0.3, 0.4) is 0 Å². The van der Waals surface area contributed by atoms with Crippen LogP contribution >= 0.6 is 0 Å². The Morgan fingerprint density at radius 1 is 1.07 bits per heavy atom. The predicted octanol–water partition coefficient (Wildman–Crippen LogP) is 3.63. The van der Waals surface area contributed by atoms with Crippen molar-refractivity contribution in [3.05, 3.63) is 23.8 Å². The number of hydrogen-bond donors (Lipinski definition) is 0. The van der Waals surface area contributed by atoms with Crippen LogP contribution < -0.4 is 4.74 Å². The Labute approximate surface area is 164 Å². The minimum atomic E-state index is -3.54. The van der Waals surface area contributed by atoms with Gasteiger partial charge >= 0.3 is 0 Å². The molecule has 1 aliphatic heterocycles. The molecule has 2 rings (SSSR count). The molecule has 0 saturated carbocycles. The Morgan fingerprint density at radius 3 is 2.11 bits per heavy atom. The third-order valence-corrected chi connectivity index (χ3v) is 7.09. The van der Waals surface area contributed by atoms with E-state index in [-0.39, 0.29) is 0 Å². The summed E-state index contributed by atoms with van der Waals surface area (Å²) in [6.45, 7) is 7.42. The molecular formula is C20H35NO5S. The largest absolute Gasteiger partial charge is 0.496 e. The number of unbranched alkanes of at least 4 members (excludes halogenated alkanes) is 1. The number of nitrogens with zero attached hydrogens (tertiary/aromatic N) is 1. The van der Waals surface area contributed by atoms with Crippen molar-refractivity contribution in [2.45, 2.75) is 57.0 Å². The van der Waals surface area contributed by atoms with Crippen molar-refractivity contribution in [1.29, 1.82) is 0 Å². The van der Waals surface area contributed by atoms with Crippen LogP contribution in [0.25, 0.3) is 0 Å². The van der Waals surface area contributed by atoms with Gasteiger partial charge in [0.1, 0.15) is 5.75 Å². The molecule has 0 amide bonds. The second kappa shape index (κ2) is 11.0. The lowest BCUT2D eigenvalue weighted by Gasteiger charge is -2.39. The van der Waals surface area contributed by atoms with Gasteiger partial charge in [-0.15, -0.1) is 0 Å². The summed E-state index contributed by atoms with van der Waals surface area (Å²) in [5.41, 5.74) is 0.236. The van der Waals surface area contributed by atoms with Gasteiger partial charge < -0.3 is 14.2 Å². The van der Waals surface area contributed by atoms with Gasteiger partial charge in [-0.05, 0) is 31.9 Å². The molecule has 1 fully saturated rings. The van der Waals surface area contributed by atoms with Crippen molar-refractivity contribution in [3.63, 3.8) is 0 Å². The number of rotatable bonds is 7. The van der Waals surface area contributed by atoms with Crippen LogP contribution in [0.1, 0.15) is 45.1 Å². The molecule has 1 aliphatic rings. The second-order valence-corrected chi connectivity index (χ2v) is 8.71. The van der Waals surface area contributed by atoms with Gasteiger partial charge in [-0.25, -0.2) is 8.42 Å². The van der Waals surface area contributed by atoms with Crippen LogP contribution in [-0.2, 0) is 19.5 Å². The molecule has 1 aromatic carbocycles. The van der Waals surface area contributed by atoms with E-state index in [0.717, 1.165) is 0 Å². The molecule has 0 bridgehead atoms. The second-order valence-electron chi connectivity index (χ2n) is 6.81. The van der Waals surface area contributed by atoms with E-state index in [0.29, 0.717) is 48.7 Å². The van der Waals surface area contributed by atoms with Crippen LogP contribution in [-0.4, -0.2) is 59.3 Å². The van der Waals surface area contributed by atoms with Crippen LogP contribution in [0.2, 0.25) is 0 Å². The molecule has 1 aromatic rings. The van der Waals surface area contributed by atoms with Gasteiger partial charge in [0.15, 0.2) is 0 Å². The van der Waals surface area contributed by atoms with Crippen molar-refractivity contribution in [3.8, 4) is 5.75 Å². The average Bonchev–Trinajstić information content (AvgIpc) is 2.68. The van der Waals surface area contributed by atoms with E-state index < -0.39 is 15.6 Å². The standard InChI is InChI=1S/C16H25NO5S.C4H10/c1-13-14(21-3)6-5-7-15(13)23(18,19)17-10-8-16(22-4,9-11-17)12-20-2;1-3-4-2/h5-7H,8-12H2,1-4H3;3-4H2,1-2H3. The topological polar surface area (TPSA) is 65.1 Å². The van der Waals surface area contributed by atoms with E-state index in [2.05, 4.69) is 13.8 Å². The molecule has 27 heavy (non-hydrogen) atoms. The smallest absolute Gasteiger partial charge is 0.243 e. The third-order valence-electron chi connectivity index (χ3n) is 5.05. The van der Waals surface area contributed by atoms with Crippen molar-refractivity contribution >= 4 is 10.0 Å². The first-order chi connectivity index (χ1) is 12.8. The number of piperidine rings is 1. The van der Waals surface area contributed by atoms with E-state index in [1.54, 1.807) is 39.3 Å². The van der Waals surface area contributed by atoms with E-state index in [1.807, 2.05) is 0 Å². The fourth-order valence-electron chi connectivity index (χ4n) is 3.04. The van der Waals surface area contributed by atoms with Gasteiger partial charge in [-0.1, -0.05) is 32.8 Å². The molecule has 0 aliphatic carbocycles. The normalized spacial score (nSPS) is 17.1. The molecule has 6 nitrogen and oxygen atoms in total. The molecule has 0 atom stereocenters. The van der Waals surface area contributed by atoms with Gasteiger partial charge in [0.25, 0.3) is 0 Å². The number of hydrogen-bond acceptors (Lipinski definition) is 5. The van der Waals surface area contributed by atoms with E-state index in [9.17, 15) is 8.42 Å². The van der Waals surface area contributed by atoms with E-state index >= 15 is 0 Å². The first-order valence-electron chi connectivity index (χ1n) is 9.49. The lowest BCUT2D eigenvalue weighted by molar-refractivity contribution is -0.0899. The average molecular weight is 402 g/mol. The maximum atomic E-state index is 12.9. The summed E-state index contributed by atoms with van der Waals surface area (Å²) in [5.74, 6) is 0.578. The third kappa shape index (κ3) is 5.91. The minimum Gasteiger partial charge on any atom is -0.496 e. The first-order valence-corrected chi connectivity index (χ1v) is 10.9. The number of ether oxygens (including phenoxy) is 3. The molecular weight excluding hydrogens is 366 g/mol. The van der Waals surface area contributed by atoms with Crippen molar-refractivity contribution < 1.29 is 22.6 Å². The fraction of sp³-hybridized carbons (Fsp3) is 0.700. The minimum absolute atomic E-state index is 0.300. The molecule has 7 heteroatoms. The maximum absolute atomic E-state index is 12.9. The highest BCUT2D eigenvalue weighted by Gasteiger charge is 2.39. The van der Waals surface area contributed by atoms with Crippen LogP contribution in [0.5, 0.6) is 5.75 Å². The summed E-state index contributed by atoms with van der Waals surface area (Å²) < 4.78 is 43.4. The molecule has 0 N–H and O–H groups in total. The predicted molar refractivity (Wildman–Crippen MR) is 108 cm³/mol. The van der Waals surface area contributed by atoms with Gasteiger partial charge in [-0.2, -0.15) is 4.31 Å². The zero-order valence-corrected chi connectivity index (χ0v) is 18.4. The van der Waals surface area contributed by atoms with E-state index in [4.69, 9.17) is 14.2 Å². The van der Waals surface area contributed by atoms with Crippen molar-refractivity contribution in [2.24, 2.45) is 0 Å². The highest BCUT2D eigenvalue weighted by molar-refractivity contribution is 7.89. The highest BCUT2D eigenvalue weighted by atomic mass is 32.2. The molecule has 0 unspecified atom stereocenters. The SMILES string of the molecule is CCCC.COCC1(OC)CCN(S(=O)(=O)c2cccc(OC)c2C)CC1. The summed E-state index contributed by atoms with van der Waals surface area (Å²) >= 11 is 0. The van der Waals surface area contributed by atoms with Crippen LogP contribution in [0, 0.1) is 6.92 Å². The summed E-state index contributed by atoms with van der Waals surface area (Å²) in [6, 6.07) is 5.09. The Kier molecular flexibility index (Phi) is 9.73. The Balaban J connectivity index is 0.000000828. The molecule has 0 aromatic heterocycles. The Hall–Kier alpha value is -1.15. The molecule has 156 valence electrons. The first kappa shape index (κ1) is 23.9. The number of sulfonamides is 1. The van der Waals surface area contributed by atoms with Gasteiger partial charge in [0.05, 0.1) is 24.2 Å². The number of benzene rings is 1. The Bertz CT molecular complexity index is 665. The zero-order valence-electron chi connectivity index (χ0n) is 17.6. The summed E-state index contributed by atoms with van der Waals surface area (Å²) in [4.78, 5) is 0.300. The van der Waals surface area contributed by atoms with Crippen LogP contribution in [0.4, 0.5) is 0 Å². The summed E-state index contributed by atoms with van der Waals surface area (Å²) in [7, 11) is 1.27. The molecule has 0 spiro atoms. The van der Waals surface area contributed by atoms with Crippen molar-refractivity contribution in [2.75, 3.05) is 41.0 Å². The quantitative estimate of drug-likeness (QED) is 0.698. The lowest BCUT2D eigenvalue weighted by atomic mass is 9.93. The summed E-state index contributed by atoms with van der Waals surface area (Å²) in [5, 5.41) is 0. The summed E-state index contributed by atoms with van der Waals surface area (Å²) in [6.07, 6.45) is 3.86.